The molecule has 1 aromatic carbocycles. The van der Waals surface area contributed by atoms with E-state index in [1.807, 2.05) is 0 Å². The molecule has 106 valence electrons. The lowest BCUT2D eigenvalue weighted by Gasteiger charge is -2.18. The molecule has 0 saturated carbocycles. The number of halogens is 2. The van der Waals surface area contributed by atoms with Crippen molar-refractivity contribution in [2.24, 2.45) is 0 Å². The van der Waals surface area contributed by atoms with Crippen LogP contribution < -0.4 is 4.74 Å². The predicted octanol–water partition coefficient (Wildman–Crippen LogP) is 0.931. The molecule has 0 bridgehead atoms. The van der Waals surface area contributed by atoms with Gasteiger partial charge in [0.05, 0.1) is 26.7 Å². The Labute approximate surface area is 108 Å². The van der Waals surface area contributed by atoms with Crippen molar-refractivity contribution in [2.45, 2.75) is 18.6 Å². The van der Waals surface area contributed by atoms with Crippen LogP contribution in [0.1, 0.15) is 18.1 Å². The maximum absolute atomic E-state index is 13.2. The molecule has 0 aromatic heterocycles. The summed E-state index contributed by atoms with van der Waals surface area (Å²) in [5.41, 5.74) is -0.104. The fourth-order valence-corrected chi connectivity index (χ4v) is 1.49. The Morgan fingerprint density at radius 1 is 1.32 bits per heavy atom. The Bertz CT molecular complexity index is 464. The molecule has 0 spiro atoms. The highest BCUT2D eigenvalue weighted by molar-refractivity contribution is 5.69. The Hall–Kier alpha value is -1.73. The highest BCUT2D eigenvalue weighted by Crippen LogP contribution is 2.27. The van der Waals surface area contributed by atoms with Crippen LogP contribution in [-0.2, 0) is 9.53 Å². The largest absolute Gasteiger partial charge is 0.494 e. The second-order valence-electron chi connectivity index (χ2n) is 3.81. The smallest absolute Gasteiger partial charge is 0.308 e. The average Bonchev–Trinajstić information content (AvgIpc) is 2.40. The summed E-state index contributed by atoms with van der Waals surface area (Å²) in [5, 5.41) is 19.4. The minimum Gasteiger partial charge on any atom is -0.494 e. The minimum atomic E-state index is -1.57. The van der Waals surface area contributed by atoms with Crippen LogP contribution in [0.5, 0.6) is 5.75 Å². The summed E-state index contributed by atoms with van der Waals surface area (Å²) in [5.74, 6) is -3.56. The first-order valence-corrected chi connectivity index (χ1v) is 5.36. The molecule has 0 aliphatic carbocycles. The number of aliphatic hydroxyl groups is 2. The Balaban J connectivity index is 2.96. The van der Waals surface area contributed by atoms with Crippen LogP contribution in [0.3, 0.4) is 0 Å². The summed E-state index contributed by atoms with van der Waals surface area (Å²) in [4.78, 5) is 11.0. The van der Waals surface area contributed by atoms with Crippen LogP contribution >= 0.6 is 0 Å². The van der Waals surface area contributed by atoms with Crippen molar-refractivity contribution < 1.29 is 33.3 Å². The zero-order valence-corrected chi connectivity index (χ0v) is 10.4. The van der Waals surface area contributed by atoms with Gasteiger partial charge >= 0.3 is 5.97 Å². The van der Waals surface area contributed by atoms with E-state index in [9.17, 15) is 23.8 Å². The van der Waals surface area contributed by atoms with E-state index in [1.165, 1.54) is 0 Å². The summed E-state index contributed by atoms with van der Waals surface area (Å²) >= 11 is 0. The summed E-state index contributed by atoms with van der Waals surface area (Å²) in [7, 11) is 2.26. The van der Waals surface area contributed by atoms with Gasteiger partial charge in [-0.15, -0.1) is 0 Å². The average molecular weight is 276 g/mol. The van der Waals surface area contributed by atoms with Gasteiger partial charge in [-0.1, -0.05) is 0 Å². The molecule has 0 heterocycles. The number of aliphatic hydroxyl groups excluding tert-OH is 2. The number of esters is 1. The number of hydrogen-bond acceptors (Lipinski definition) is 5. The van der Waals surface area contributed by atoms with E-state index < -0.39 is 42.0 Å². The molecule has 2 unspecified atom stereocenters. The Kier molecular flexibility index (Phi) is 5.20. The molecule has 7 heteroatoms. The number of benzene rings is 1. The minimum absolute atomic E-state index is 0.104. The first-order valence-electron chi connectivity index (χ1n) is 5.36. The van der Waals surface area contributed by atoms with Gasteiger partial charge in [0.15, 0.2) is 11.6 Å². The number of hydrogen-bond donors (Lipinski definition) is 2. The van der Waals surface area contributed by atoms with E-state index in [2.05, 4.69) is 9.47 Å². The van der Waals surface area contributed by atoms with Crippen LogP contribution in [0.15, 0.2) is 12.1 Å². The normalized spacial score (nSPS) is 13.8. The standard InChI is InChI=1S/C12H14F2O5/c1-18-9-4-6(3-7(13)11(9)14)12(17)8(15)5-10(16)19-2/h3-4,8,12,15,17H,5H2,1-2H3. The molecule has 1 rings (SSSR count). The number of carbonyl (C=O) groups excluding carboxylic acids is 1. The van der Waals surface area contributed by atoms with Gasteiger partial charge in [-0.05, 0) is 17.7 Å². The van der Waals surface area contributed by atoms with Gasteiger partial charge in [0.25, 0.3) is 0 Å². The maximum atomic E-state index is 13.2. The molecule has 2 atom stereocenters. The van der Waals surface area contributed by atoms with Gasteiger partial charge in [-0.3, -0.25) is 4.79 Å². The SMILES string of the molecule is COC(=O)CC(O)C(O)c1cc(F)c(F)c(OC)c1. The molecule has 0 aliphatic heterocycles. The van der Waals surface area contributed by atoms with E-state index in [0.717, 1.165) is 26.4 Å². The van der Waals surface area contributed by atoms with Crippen LogP contribution in [0, 0.1) is 11.6 Å². The molecule has 2 N–H and O–H groups in total. The zero-order valence-electron chi connectivity index (χ0n) is 10.4. The molecule has 1 aromatic rings. The van der Waals surface area contributed by atoms with E-state index in [-0.39, 0.29) is 5.56 Å². The number of ether oxygens (including phenoxy) is 2. The second-order valence-corrected chi connectivity index (χ2v) is 3.81. The van der Waals surface area contributed by atoms with Gasteiger partial charge in [0.1, 0.15) is 6.10 Å². The van der Waals surface area contributed by atoms with Gasteiger partial charge in [-0.2, -0.15) is 4.39 Å². The molecule has 5 nitrogen and oxygen atoms in total. The molecule has 0 radical (unpaired) electrons. The zero-order chi connectivity index (χ0) is 14.6. The summed E-state index contributed by atoms with van der Waals surface area (Å²) in [6.45, 7) is 0. The first-order chi connectivity index (χ1) is 8.90. The number of rotatable bonds is 5. The topological polar surface area (TPSA) is 76.0 Å². The lowest BCUT2D eigenvalue weighted by Crippen LogP contribution is -2.22. The van der Waals surface area contributed by atoms with Crippen LogP contribution in [-0.4, -0.2) is 36.5 Å². The molecular weight excluding hydrogens is 262 g/mol. The van der Waals surface area contributed by atoms with Crippen molar-refractivity contribution in [2.75, 3.05) is 14.2 Å². The fraction of sp³-hybridized carbons (Fsp3) is 0.417. The van der Waals surface area contributed by atoms with Gasteiger partial charge < -0.3 is 19.7 Å². The fourth-order valence-electron chi connectivity index (χ4n) is 1.49. The van der Waals surface area contributed by atoms with Gasteiger partial charge in [0, 0.05) is 0 Å². The van der Waals surface area contributed by atoms with E-state index >= 15 is 0 Å². The summed E-state index contributed by atoms with van der Waals surface area (Å²) in [6.07, 6.45) is -3.54. The van der Waals surface area contributed by atoms with Crippen molar-refractivity contribution in [3.05, 3.63) is 29.3 Å². The van der Waals surface area contributed by atoms with Crippen LogP contribution in [0.2, 0.25) is 0 Å². The molecule has 0 amide bonds. The van der Waals surface area contributed by atoms with E-state index in [4.69, 9.17) is 0 Å². The van der Waals surface area contributed by atoms with Gasteiger partial charge in [0.2, 0.25) is 5.82 Å². The Morgan fingerprint density at radius 3 is 2.47 bits per heavy atom. The highest BCUT2D eigenvalue weighted by atomic mass is 19.2. The van der Waals surface area contributed by atoms with Crippen LogP contribution in [0.25, 0.3) is 0 Å². The molecule has 19 heavy (non-hydrogen) atoms. The lowest BCUT2D eigenvalue weighted by molar-refractivity contribution is -0.144. The number of methoxy groups -OCH3 is 2. The highest BCUT2D eigenvalue weighted by Gasteiger charge is 2.24. The third-order valence-electron chi connectivity index (χ3n) is 2.55. The van der Waals surface area contributed by atoms with E-state index in [0.29, 0.717) is 0 Å². The van der Waals surface area contributed by atoms with E-state index in [1.54, 1.807) is 0 Å². The van der Waals surface area contributed by atoms with Crippen molar-refractivity contribution in [1.29, 1.82) is 0 Å². The molecular formula is C12H14F2O5. The van der Waals surface area contributed by atoms with Crippen molar-refractivity contribution >= 4 is 5.97 Å². The third-order valence-corrected chi connectivity index (χ3v) is 2.55. The van der Waals surface area contributed by atoms with Crippen molar-refractivity contribution in [1.82, 2.24) is 0 Å². The summed E-state index contributed by atoms with van der Waals surface area (Å²) < 4.78 is 35.4. The predicted molar refractivity (Wildman–Crippen MR) is 60.5 cm³/mol. The molecule has 0 aliphatic rings. The second kappa shape index (κ2) is 6.44. The quantitative estimate of drug-likeness (QED) is 0.782. The van der Waals surface area contributed by atoms with Crippen molar-refractivity contribution in [3.63, 3.8) is 0 Å². The van der Waals surface area contributed by atoms with Crippen LogP contribution in [0.4, 0.5) is 8.78 Å². The third kappa shape index (κ3) is 3.62. The first kappa shape index (κ1) is 15.3. The van der Waals surface area contributed by atoms with Crippen molar-refractivity contribution in [3.8, 4) is 5.75 Å². The monoisotopic (exact) mass is 276 g/mol. The number of carbonyl (C=O) groups is 1. The van der Waals surface area contributed by atoms with Gasteiger partial charge in [-0.25, -0.2) is 4.39 Å². The summed E-state index contributed by atoms with van der Waals surface area (Å²) in [6, 6.07) is 1.77. The molecule has 0 saturated heterocycles. The Morgan fingerprint density at radius 2 is 1.95 bits per heavy atom. The lowest BCUT2D eigenvalue weighted by atomic mass is 10.0. The molecule has 0 fully saturated rings. The maximum Gasteiger partial charge on any atom is 0.308 e.